The van der Waals surface area contributed by atoms with Gasteiger partial charge >= 0.3 is 0 Å². The highest BCUT2D eigenvalue weighted by molar-refractivity contribution is 5.87. The van der Waals surface area contributed by atoms with Gasteiger partial charge in [-0.3, -0.25) is 4.79 Å². The van der Waals surface area contributed by atoms with E-state index in [4.69, 9.17) is 15.2 Å². The number of ether oxygens (including phenoxy) is 2. The second-order valence-electron chi connectivity index (χ2n) is 7.64. The third-order valence-electron chi connectivity index (χ3n) is 5.78. The van der Waals surface area contributed by atoms with E-state index in [1.165, 1.54) is 18.2 Å². The fraction of sp³-hybridized carbons (Fsp3) is 0.304. The van der Waals surface area contributed by atoms with Crippen molar-refractivity contribution in [2.24, 2.45) is 5.73 Å². The van der Waals surface area contributed by atoms with E-state index in [1.807, 2.05) is 6.92 Å². The van der Waals surface area contributed by atoms with Crippen molar-refractivity contribution >= 4 is 5.91 Å². The van der Waals surface area contributed by atoms with Crippen LogP contribution in [0.25, 0.3) is 5.69 Å². The molecule has 6 nitrogen and oxygen atoms in total. The molecule has 1 fully saturated rings. The van der Waals surface area contributed by atoms with Crippen LogP contribution in [0.3, 0.4) is 0 Å². The summed E-state index contributed by atoms with van der Waals surface area (Å²) in [4.78, 5) is 16.4. The third-order valence-corrected chi connectivity index (χ3v) is 5.78. The molecule has 1 saturated heterocycles. The number of carbonyl (C=O) groups excluding carboxylic acids is 1. The van der Waals surface area contributed by atoms with Gasteiger partial charge < -0.3 is 19.8 Å². The molecule has 162 valence electrons. The zero-order valence-electron chi connectivity index (χ0n) is 17.1. The first-order valence-electron chi connectivity index (χ1n) is 9.99. The lowest BCUT2D eigenvalue weighted by Crippen LogP contribution is -2.45. The molecule has 0 aliphatic carbocycles. The minimum Gasteiger partial charge on any atom is -0.489 e. The predicted molar refractivity (Wildman–Crippen MR) is 110 cm³/mol. The first-order valence-corrected chi connectivity index (χ1v) is 9.99. The number of nitrogens with two attached hydrogens (primary N) is 1. The molecule has 31 heavy (non-hydrogen) atoms. The summed E-state index contributed by atoms with van der Waals surface area (Å²) in [6, 6.07) is 8.88. The predicted octanol–water partition coefficient (Wildman–Crippen LogP) is 3.57. The summed E-state index contributed by atoms with van der Waals surface area (Å²) >= 11 is 0. The van der Waals surface area contributed by atoms with E-state index in [-0.39, 0.29) is 12.4 Å². The molecule has 4 rings (SSSR count). The summed E-state index contributed by atoms with van der Waals surface area (Å²) in [6.07, 6.45) is 4.13. The number of aromatic nitrogens is 2. The molecule has 0 saturated carbocycles. The Morgan fingerprint density at radius 3 is 2.65 bits per heavy atom. The zero-order chi connectivity index (χ0) is 22.0. The summed E-state index contributed by atoms with van der Waals surface area (Å²) in [5, 5.41) is 0. The first kappa shape index (κ1) is 21.0. The molecule has 3 aromatic rings. The third kappa shape index (κ3) is 4.16. The van der Waals surface area contributed by atoms with Gasteiger partial charge in [0.15, 0.2) is 0 Å². The van der Waals surface area contributed by atoms with Crippen LogP contribution in [0, 0.1) is 18.6 Å². The van der Waals surface area contributed by atoms with Crippen LogP contribution in [0.4, 0.5) is 8.78 Å². The van der Waals surface area contributed by atoms with Crippen molar-refractivity contribution in [2.75, 3.05) is 13.2 Å². The van der Waals surface area contributed by atoms with Crippen LogP contribution in [0.1, 0.15) is 29.8 Å². The summed E-state index contributed by atoms with van der Waals surface area (Å²) in [6.45, 7) is 2.46. The van der Waals surface area contributed by atoms with Crippen molar-refractivity contribution in [2.45, 2.75) is 31.8 Å². The Hall–Kier alpha value is -3.26. The number of imidazole rings is 1. The molecule has 1 aliphatic heterocycles. The molecule has 0 radical (unpaired) electrons. The molecular weight excluding hydrogens is 404 g/mol. The molecule has 1 amide bonds. The monoisotopic (exact) mass is 427 g/mol. The largest absolute Gasteiger partial charge is 0.489 e. The Balaban J connectivity index is 1.55. The van der Waals surface area contributed by atoms with Crippen LogP contribution in [0.5, 0.6) is 5.75 Å². The van der Waals surface area contributed by atoms with E-state index in [2.05, 4.69) is 4.98 Å². The van der Waals surface area contributed by atoms with Gasteiger partial charge in [0.2, 0.25) is 5.91 Å². The van der Waals surface area contributed by atoms with Crippen LogP contribution in [0.2, 0.25) is 0 Å². The quantitative estimate of drug-likeness (QED) is 0.652. The number of nitrogens with zero attached hydrogens (tertiary/aromatic N) is 2. The normalized spacial score (nSPS) is 15.6. The fourth-order valence-electron chi connectivity index (χ4n) is 3.93. The average Bonchev–Trinajstić information content (AvgIpc) is 3.18. The van der Waals surface area contributed by atoms with Gasteiger partial charge in [0.05, 0.1) is 5.41 Å². The van der Waals surface area contributed by atoms with Crippen LogP contribution in [-0.4, -0.2) is 28.7 Å². The van der Waals surface area contributed by atoms with E-state index < -0.39 is 23.0 Å². The molecule has 0 spiro atoms. The van der Waals surface area contributed by atoms with Crippen molar-refractivity contribution in [3.05, 3.63) is 77.4 Å². The van der Waals surface area contributed by atoms with Crippen molar-refractivity contribution in [1.82, 2.24) is 9.55 Å². The van der Waals surface area contributed by atoms with Crippen LogP contribution in [0.15, 0.2) is 48.8 Å². The lowest BCUT2D eigenvalue weighted by atomic mass is 9.73. The standard InChI is InChI=1S/C23H23F2N3O3/c1-15-27-6-7-28(15)19-3-2-16(21(25)13-19)14-31-20-11-17(10-18(24)12-20)23(22(26)29)4-8-30-9-5-23/h2-3,6-7,10-13H,4-5,8-9,14H2,1H3,(H2,26,29). The molecule has 2 aromatic carbocycles. The number of carbonyl (C=O) groups is 1. The second kappa shape index (κ2) is 8.47. The van der Waals surface area contributed by atoms with Gasteiger partial charge in [-0.2, -0.15) is 0 Å². The Labute approximate surface area is 178 Å². The van der Waals surface area contributed by atoms with Crippen molar-refractivity contribution in [3.63, 3.8) is 0 Å². The summed E-state index contributed by atoms with van der Waals surface area (Å²) in [7, 11) is 0. The molecule has 2 heterocycles. The van der Waals surface area contributed by atoms with E-state index in [0.29, 0.717) is 42.9 Å². The maximum atomic E-state index is 14.6. The van der Waals surface area contributed by atoms with Crippen molar-refractivity contribution in [3.8, 4) is 11.4 Å². The molecule has 1 aliphatic rings. The van der Waals surface area contributed by atoms with Gasteiger partial charge in [-0.25, -0.2) is 13.8 Å². The Kier molecular flexibility index (Phi) is 5.73. The van der Waals surface area contributed by atoms with E-state index in [0.717, 1.165) is 5.82 Å². The maximum Gasteiger partial charge on any atom is 0.228 e. The minimum absolute atomic E-state index is 0.0927. The highest BCUT2D eigenvalue weighted by Gasteiger charge is 2.40. The fourth-order valence-corrected chi connectivity index (χ4v) is 3.93. The molecule has 0 unspecified atom stereocenters. The van der Waals surface area contributed by atoms with Crippen LogP contribution in [-0.2, 0) is 21.6 Å². The van der Waals surface area contributed by atoms with Crippen molar-refractivity contribution < 1.29 is 23.0 Å². The summed E-state index contributed by atoms with van der Waals surface area (Å²) in [5.74, 6) is -0.571. The molecule has 0 bridgehead atoms. The number of primary amides is 1. The molecule has 2 N–H and O–H groups in total. The van der Waals surface area contributed by atoms with E-state index in [1.54, 1.807) is 35.2 Å². The van der Waals surface area contributed by atoms with Crippen molar-refractivity contribution in [1.29, 1.82) is 0 Å². The maximum absolute atomic E-state index is 14.6. The lowest BCUT2D eigenvalue weighted by Gasteiger charge is -2.34. The zero-order valence-corrected chi connectivity index (χ0v) is 17.1. The Morgan fingerprint density at radius 2 is 2.00 bits per heavy atom. The Bertz CT molecular complexity index is 1110. The van der Waals surface area contributed by atoms with Gasteiger partial charge in [-0.1, -0.05) is 6.07 Å². The highest BCUT2D eigenvalue weighted by Crippen LogP contribution is 2.37. The number of halogens is 2. The van der Waals surface area contributed by atoms with Gasteiger partial charge in [-0.15, -0.1) is 0 Å². The van der Waals surface area contributed by atoms with Crippen LogP contribution >= 0.6 is 0 Å². The van der Waals surface area contributed by atoms with E-state index in [9.17, 15) is 13.6 Å². The number of hydrogen-bond acceptors (Lipinski definition) is 4. The first-order chi connectivity index (χ1) is 14.9. The summed E-state index contributed by atoms with van der Waals surface area (Å²) in [5.41, 5.74) is 6.08. The molecule has 8 heteroatoms. The molecule has 0 atom stereocenters. The number of amides is 1. The van der Waals surface area contributed by atoms with Gasteiger partial charge in [0.25, 0.3) is 0 Å². The topological polar surface area (TPSA) is 79.4 Å². The minimum atomic E-state index is -1.01. The highest BCUT2D eigenvalue weighted by atomic mass is 19.1. The number of aryl methyl sites for hydroxylation is 1. The molecule has 1 aromatic heterocycles. The molecular formula is C23H23F2N3O3. The Morgan fingerprint density at radius 1 is 1.23 bits per heavy atom. The second-order valence-corrected chi connectivity index (χ2v) is 7.64. The average molecular weight is 427 g/mol. The smallest absolute Gasteiger partial charge is 0.228 e. The number of benzene rings is 2. The van der Waals surface area contributed by atoms with E-state index >= 15 is 0 Å². The number of rotatable bonds is 6. The summed E-state index contributed by atoms with van der Waals surface area (Å²) < 4.78 is 41.7. The lowest BCUT2D eigenvalue weighted by molar-refractivity contribution is -0.127. The SMILES string of the molecule is Cc1nccn1-c1ccc(COc2cc(F)cc(C3(C(N)=O)CCOCC3)c2)c(F)c1. The van der Waals surface area contributed by atoms with Gasteiger partial charge in [-0.05, 0) is 49.6 Å². The van der Waals surface area contributed by atoms with Gasteiger partial charge in [0, 0.05) is 42.9 Å². The van der Waals surface area contributed by atoms with Crippen LogP contribution < -0.4 is 10.5 Å². The number of hydrogen-bond donors (Lipinski definition) is 1. The van der Waals surface area contributed by atoms with Gasteiger partial charge in [0.1, 0.15) is 29.8 Å².